The maximum Gasteiger partial charge on any atom is 0.337 e. The number of aryl methyl sites for hydroxylation is 2. The Morgan fingerprint density at radius 1 is 1.50 bits per heavy atom. The number of anilines is 1. The molecule has 0 fully saturated rings. The quantitative estimate of drug-likeness (QED) is 0.576. The molecule has 0 atom stereocenters. The van der Waals surface area contributed by atoms with Gasteiger partial charge < -0.3 is 10.5 Å². The second-order valence-electron chi connectivity index (χ2n) is 3.21. The van der Waals surface area contributed by atoms with E-state index in [0.717, 1.165) is 23.2 Å². The van der Waals surface area contributed by atoms with Crippen molar-refractivity contribution in [3.8, 4) is 0 Å². The highest BCUT2D eigenvalue weighted by atomic mass is 16.5. The summed E-state index contributed by atoms with van der Waals surface area (Å²) in [5.74, 6) is -0.317. The number of hydrogen-bond donors (Lipinski definition) is 1. The van der Waals surface area contributed by atoms with E-state index in [1.165, 1.54) is 7.11 Å². The van der Waals surface area contributed by atoms with E-state index < -0.39 is 0 Å². The molecule has 0 radical (unpaired) electrons. The first kappa shape index (κ1) is 10.6. The van der Waals surface area contributed by atoms with Crippen LogP contribution in [0.4, 0.5) is 5.69 Å². The summed E-state index contributed by atoms with van der Waals surface area (Å²) in [7, 11) is 1.37. The molecule has 1 aromatic rings. The van der Waals surface area contributed by atoms with Crippen LogP contribution in [0, 0.1) is 6.92 Å². The van der Waals surface area contributed by atoms with Crippen LogP contribution in [-0.2, 0) is 11.2 Å². The van der Waals surface area contributed by atoms with Crippen LogP contribution in [-0.4, -0.2) is 13.1 Å². The fourth-order valence-electron chi connectivity index (χ4n) is 1.40. The number of hydrogen-bond acceptors (Lipinski definition) is 3. The molecule has 1 rings (SSSR count). The van der Waals surface area contributed by atoms with Gasteiger partial charge >= 0.3 is 5.97 Å². The molecule has 0 aliphatic carbocycles. The summed E-state index contributed by atoms with van der Waals surface area (Å²) in [6, 6.07) is 3.54. The highest BCUT2D eigenvalue weighted by Crippen LogP contribution is 2.20. The number of nitrogen functional groups attached to an aromatic ring is 1. The molecule has 1 aromatic carbocycles. The van der Waals surface area contributed by atoms with Crippen LogP contribution in [0.1, 0.15) is 28.4 Å². The van der Waals surface area contributed by atoms with Crippen molar-refractivity contribution >= 4 is 11.7 Å². The van der Waals surface area contributed by atoms with Gasteiger partial charge in [0.1, 0.15) is 0 Å². The first-order valence-corrected chi connectivity index (χ1v) is 4.57. The molecular weight excluding hydrogens is 178 g/mol. The minimum Gasteiger partial charge on any atom is -0.465 e. The smallest absolute Gasteiger partial charge is 0.337 e. The van der Waals surface area contributed by atoms with E-state index in [2.05, 4.69) is 4.74 Å². The van der Waals surface area contributed by atoms with E-state index >= 15 is 0 Å². The van der Waals surface area contributed by atoms with E-state index in [4.69, 9.17) is 5.73 Å². The summed E-state index contributed by atoms with van der Waals surface area (Å²) in [5.41, 5.74) is 9.09. The SMILES string of the molecule is CCc1cc(C(=O)OC)cc(C)c1N. The molecule has 0 heterocycles. The predicted molar refractivity (Wildman–Crippen MR) is 56.3 cm³/mol. The van der Waals surface area contributed by atoms with Crippen LogP contribution in [0.2, 0.25) is 0 Å². The monoisotopic (exact) mass is 193 g/mol. The predicted octanol–water partition coefficient (Wildman–Crippen LogP) is 1.93. The fraction of sp³-hybridized carbons (Fsp3) is 0.364. The maximum atomic E-state index is 11.3. The molecule has 76 valence electrons. The Labute approximate surface area is 83.9 Å². The molecule has 3 heteroatoms. The summed E-state index contributed by atoms with van der Waals surface area (Å²) < 4.78 is 4.65. The van der Waals surface area contributed by atoms with Gasteiger partial charge in [-0.25, -0.2) is 4.79 Å². The Kier molecular flexibility index (Phi) is 3.12. The van der Waals surface area contributed by atoms with E-state index in [-0.39, 0.29) is 5.97 Å². The molecule has 0 aliphatic heterocycles. The van der Waals surface area contributed by atoms with Gasteiger partial charge in [0.15, 0.2) is 0 Å². The van der Waals surface area contributed by atoms with Crippen molar-refractivity contribution in [1.29, 1.82) is 0 Å². The normalized spacial score (nSPS) is 9.93. The number of ether oxygens (including phenoxy) is 1. The Balaban J connectivity index is 3.22. The number of carbonyl (C=O) groups excluding carboxylic acids is 1. The summed E-state index contributed by atoms with van der Waals surface area (Å²) >= 11 is 0. The van der Waals surface area contributed by atoms with Crippen molar-refractivity contribution in [1.82, 2.24) is 0 Å². The summed E-state index contributed by atoms with van der Waals surface area (Å²) in [4.78, 5) is 11.3. The second kappa shape index (κ2) is 4.13. The summed E-state index contributed by atoms with van der Waals surface area (Å²) in [5, 5.41) is 0. The Morgan fingerprint density at radius 2 is 2.14 bits per heavy atom. The Bertz CT molecular complexity index is 359. The van der Waals surface area contributed by atoms with Gasteiger partial charge in [0.05, 0.1) is 12.7 Å². The molecule has 0 amide bonds. The van der Waals surface area contributed by atoms with Crippen molar-refractivity contribution in [2.75, 3.05) is 12.8 Å². The lowest BCUT2D eigenvalue weighted by molar-refractivity contribution is 0.0600. The summed E-state index contributed by atoms with van der Waals surface area (Å²) in [6.45, 7) is 3.90. The lowest BCUT2D eigenvalue weighted by Crippen LogP contribution is -2.05. The fourth-order valence-corrected chi connectivity index (χ4v) is 1.40. The van der Waals surface area contributed by atoms with Crippen LogP contribution in [0.3, 0.4) is 0 Å². The zero-order valence-electron chi connectivity index (χ0n) is 8.76. The topological polar surface area (TPSA) is 52.3 Å². The van der Waals surface area contributed by atoms with Crippen LogP contribution in [0.15, 0.2) is 12.1 Å². The third-order valence-corrected chi connectivity index (χ3v) is 2.27. The second-order valence-corrected chi connectivity index (χ2v) is 3.21. The third-order valence-electron chi connectivity index (χ3n) is 2.27. The maximum absolute atomic E-state index is 11.3. The Hall–Kier alpha value is -1.51. The van der Waals surface area contributed by atoms with Gasteiger partial charge in [0.25, 0.3) is 0 Å². The number of nitrogens with two attached hydrogens (primary N) is 1. The molecule has 0 spiro atoms. The first-order chi connectivity index (χ1) is 6.60. The molecule has 0 aromatic heterocycles. The van der Waals surface area contributed by atoms with Crippen LogP contribution in [0.5, 0.6) is 0 Å². The molecule has 0 aliphatic rings. The number of carbonyl (C=O) groups is 1. The van der Waals surface area contributed by atoms with Gasteiger partial charge in [0, 0.05) is 5.69 Å². The zero-order valence-corrected chi connectivity index (χ0v) is 8.76. The standard InChI is InChI=1S/C11H15NO2/c1-4-8-6-9(11(13)14-3)5-7(2)10(8)12/h5-6H,4,12H2,1-3H3. The van der Waals surface area contributed by atoms with Crippen LogP contribution in [0.25, 0.3) is 0 Å². The van der Waals surface area contributed by atoms with Crippen LogP contribution < -0.4 is 5.73 Å². The largest absolute Gasteiger partial charge is 0.465 e. The number of rotatable bonds is 2. The van der Waals surface area contributed by atoms with Crippen LogP contribution >= 0.6 is 0 Å². The first-order valence-electron chi connectivity index (χ1n) is 4.57. The van der Waals surface area contributed by atoms with E-state index in [1.54, 1.807) is 12.1 Å². The van der Waals surface area contributed by atoms with Gasteiger partial charge in [-0.3, -0.25) is 0 Å². The number of benzene rings is 1. The highest BCUT2D eigenvalue weighted by molar-refractivity contribution is 5.90. The lowest BCUT2D eigenvalue weighted by atomic mass is 10.0. The van der Waals surface area contributed by atoms with Crippen molar-refractivity contribution in [3.05, 3.63) is 28.8 Å². The van der Waals surface area contributed by atoms with Crippen molar-refractivity contribution < 1.29 is 9.53 Å². The lowest BCUT2D eigenvalue weighted by Gasteiger charge is -2.09. The van der Waals surface area contributed by atoms with Gasteiger partial charge in [-0.2, -0.15) is 0 Å². The van der Waals surface area contributed by atoms with E-state index in [9.17, 15) is 4.79 Å². The van der Waals surface area contributed by atoms with Gasteiger partial charge in [0.2, 0.25) is 0 Å². The van der Waals surface area contributed by atoms with Gasteiger partial charge in [-0.15, -0.1) is 0 Å². The minimum absolute atomic E-state index is 0.317. The average Bonchev–Trinajstić information content (AvgIpc) is 2.20. The van der Waals surface area contributed by atoms with E-state index in [1.807, 2.05) is 13.8 Å². The van der Waals surface area contributed by atoms with Crippen molar-refractivity contribution in [2.45, 2.75) is 20.3 Å². The molecule has 14 heavy (non-hydrogen) atoms. The average molecular weight is 193 g/mol. The highest BCUT2D eigenvalue weighted by Gasteiger charge is 2.09. The summed E-state index contributed by atoms with van der Waals surface area (Å²) in [6.07, 6.45) is 0.817. The third kappa shape index (κ3) is 1.87. The molecular formula is C11H15NO2. The molecule has 3 nitrogen and oxygen atoms in total. The minimum atomic E-state index is -0.317. The van der Waals surface area contributed by atoms with Gasteiger partial charge in [-0.1, -0.05) is 6.92 Å². The molecule has 0 bridgehead atoms. The molecule has 0 saturated carbocycles. The molecule has 2 N–H and O–H groups in total. The zero-order chi connectivity index (χ0) is 10.7. The Morgan fingerprint density at radius 3 is 2.64 bits per heavy atom. The van der Waals surface area contributed by atoms with E-state index in [0.29, 0.717) is 5.56 Å². The van der Waals surface area contributed by atoms with Crippen molar-refractivity contribution in [3.63, 3.8) is 0 Å². The molecule has 0 saturated heterocycles. The number of esters is 1. The number of methoxy groups -OCH3 is 1. The van der Waals surface area contributed by atoms with Gasteiger partial charge in [-0.05, 0) is 36.6 Å². The molecule has 0 unspecified atom stereocenters. The van der Waals surface area contributed by atoms with Crippen molar-refractivity contribution in [2.24, 2.45) is 0 Å².